The van der Waals surface area contributed by atoms with Crippen molar-refractivity contribution in [2.75, 3.05) is 5.32 Å². The highest BCUT2D eigenvalue weighted by atomic mass is 19.1. The van der Waals surface area contributed by atoms with Crippen LogP contribution < -0.4 is 11.0 Å². The average Bonchev–Trinajstić information content (AvgIpc) is 2.80. The van der Waals surface area contributed by atoms with Crippen LogP contribution in [0.15, 0.2) is 41.3 Å². The van der Waals surface area contributed by atoms with Gasteiger partial charge in [0, 0.05) is 17.6 Å². The molecule has 0 aliphatic heterocycles. The lowest BCUT2D eigenvalue weighted by molar-refractivity contribution is 0.627. The summed E-state index contributed by atoms with van der Waals surface area (Å²) < 4.78 is 14.4. The summed E-state index contributed by atoms with van der Waals surface area (Å²) in [5, 5.41) is 3.00. The van der Waals surface area contributed by atoms with Gasteiger partial charge in [-0.2, -0.15) is 0 Å². The van der Waals surface area contributed by atoms with Crippen molar-refractivity contribution in [1.82, 2.24) is 19.5 Å². The van der Waals surface area contributed by atoms with E-state index in [0.29, 0.717) is 17.5 Å². The molecule has 0 spiro atoms. The Morgan fingerprint density at radius 2 is 1.77 bits per heavy atom. The molecule has 0 saturated carbocycles. The number of anilines is 2. The fourth-order valence-corrected chi connectivity index (χ4v) is 2.20. The Hall–Kier alpha value is -2.96. The van der Waals surface area contributed by atoms with Crippen molar-refractivity contribution < 1.29 is 4.39 Å². The first kappa shape index (κ1) is 14.0. The fraction of sp³-hybridized carbons (Fsp3) is 0.133. The molecule has 22 heavy (non-hydrogen) atoms. The van der Waals surface area contributed by atoms with Crippen LogP contribution in [0.1, 0.15) is 11.4 Å². The smallest absolute Gasteiger partial charge is 0.310 e. The summed E-state index contributed by atoms with van der Waals surface area (Å²) in [6.07, 6.45) is 1.52. The molecule has 0 fully saturated rings. The van der Waals surface area contributed by atoms with Crippen molar-refractivity contribution in [3.05, 3.63) is 64.2 Å². The first-order chi connectivity index (χ1) is 10.5. The van der Waals surface area contributed by atoms with Gasteiger partial charge in [-0.1, -0.05) is 0 Å². The number of nitrogens with one attached hydrogen (secondary N) is 2. The number of benzene rings is 1. The van der Waals surface area contributed by atoms with Crippen molar-refractivity contribution >= 4 is 11.8 Å². The van der Waals surface area contributed by atoms with Gasteiger partial charge in [-0.15, -0.1) is 0 Å². The summed E-state index contributed by atoms with van der Waals surface area (Å²) in [5.41, 5.74) is 1.85. The van der Waals surface area contributed by atoms with Gasteiger partial charge in [0.2, 0.25) is 5.95 Å². The Morgan fingerprint density at radius 3 is 2.41 bits per heavy atom. The maximum absolute atomic E-state index is 13.0. The lowest BCUT2D eigenvalue weighted by Gasteiger charge is -2.09. The molecule has 0 amide bonds. The Balaban J connectivity index is 2.02. The summed E-state index contributed by atoms with van der Waals surface area (Å²) in [5.74, 6) is 0.508. The van der Waals surface area contributed by atoms with Gasteiger partial charge >= 0.3 is 5.69 Å². The van der Waals surface area contributed by atoms with E-state index in [1.807, 2.05) is 19.9 Å². The van der Waals surface area contributed by atoms with Gasteiger partial charge in [0.25, 0.3) is 0 Å². The highest BCUT2D eigenvalue weighted by Crippen LogP contribution is 2.16. The van der Waals surface area contributed by atoms with E-state index in [4.69, 9.17) is 0 Å². The lowest BCUT2D eigenvalue weighted by atomic mass is 10.3. The van der Waals surface area contributed by atoms with Crippen molar-refractivity contribution in [2.24, 2.45) is 0 Å². The molecule has 1 aromatic carbocycles. The van der Waals surface area contributed by atoms with Gasteiger partial charge in [0.15, 0.2) is 0 Å². The Kier molecular flexibility index (Phi) is 3.46. The first-order valence-corrected chi connectivity index (χ1v) is 6.68. The van der Waals surface area contributed by atoms with Crippen LogP contribution in [-0.4, -0.2) is 19.5 Å². The predicted molar refractivity (Wildman–Crippen MR) is 81.1 cm³/mol. The number of hydrogen-bond donors (Lipinski definition) is 2. The summed E-state index contributed by atoms with van der Waals surface area (Å²) in [7, 11) is 0. The van der Waals surface area contributed by atoms with Crippen LogP contribution >= 0.6 is 0 Å². The summed E-state index contributed by atoms with van der Waals surface area (Å²) >= 11 is 0. The van der Waals surface area contributed by atoms with Crippen molar-refractivity contribution in [3.63, 3.8) is 0 Å². The van der Waals surface area contributed by atoms with E-state index in [-0.39, 0.29) is 11.5 Å². The first-order valence-electron chi connectivity index (χ1n) is 6.68. The zero-order valence-electron chi connectivity index (χ0n) is 12.1. The molecule has 0 unspecified atom stereocenters. The molecule has 0 radical (unpaired) electrons. The number of nitrogens with zero attached hydrogens (tertiary/aromatic N) is 3. The van der Waals surface area contributed by atoms with E-state index in [1.54, 1.807) is 0 Å². The van der Waals surface area contributed by atoms with Gasteiger partial charge in [-0.05, 0) is 44.2 Å². The third-order valence-corrected chi connectivity index (χ3v) is 3.08. The number of aromatic nitrogens is 4. The van der Waals surface area contributed by atoms with E-state index >= 15 is 0 Å². The van der Waals surface area contributed by atoms with Crippen LogP contribution in [0.2, 0.25) is 0 Å². The van der Waals surface area contributed by atoms with Crippen molar-refractivity contribution in [1.29, 1.82) is 0 Å². The second kappa shape index (κ2) is 5.44. The minimum absolute atomic E-state index is 0.335. The Bertz CT molecular complexity index is 846. The Labute approximate surface area is 125 Å². The SMILES string of the molecule is Cc1cc(C)nc(Nc2c[nH]c(=O)n2-c2ccc(F)cc2)n1. The molecule has 2 N–H and O–H groups in total. The molecular formula is C15H14FN5O. The van der Waals surface area contributed by atoms with Crippen LogP contribution in [0.4, 0.5) is 16.2 Å². The van der Waals surface area contributed by atoms with Gasteiger partial charge in [-0.3, -0.25) is 0 Å². The van der Waals surface area contributed by atoms with Crippen molar-refractivity contribution in [2.45, 2.75) is 13.8 Å². The number of aryl methyl sites for hydroxylation is 2. The average molecular weight is 299 g/mol. The van der Waals surface area contributed by atoms with E-state index < -0.39 is 0 Å². The zero-order chi connectivity index (χ0) is 15.7. The molecule has 2 heterocycles. The molecule has 0 saturated heterocycles. The number of hydrogen-bond acceptors (Lipinski definition) is 4. The topological polar surface area (TPSA) is 75.6 Å². The van der Waals surface area contributed by atoms with Gasteiger partial charge in [-0.25, -0.2) is 23.7 Å². The molecule has 6 nitrogen and oxygen atoms in total. The monoisotopic (exact) mass is 299 g/mol. The highest BCUT2D eigenvalue weighted by molar-refractivity contribution is 5.52. The number of aromatic amines is 1. The fourth-order valence-electron chi connectivity index (χ4n) is 2.20. The third-order valence-electron chi connectivity index (χ3n) is 3.08. The zero-order valence-corrected chi connectivity index (χ0v) is 12.1. The standard InChI is InChI=1S/C15H14FN5O/c1-9-7-10(2)19-14(18-9)20-13-8-17-15(22)21(13)12-5-3-11(16)4-6-12/h3-8H,1-2H3,(H,17,22)(H,18,19,20). The summed E-state index contributed by atoms with van der Waals surface area (Å²) in [4.78, 5) is 23.1. The van der Waals surface area contributed by atoms with Crippen molar-refractivity contribution in [3.8, 4) is 5.69 Å². The molecule has 3 aromatic rings. The maximum atomic E-state index is 13.0. The molecule has 0 bridgehead atoms. The van der Waals surface area contributed by atoms with E-state index in [1.165, 1.54) is 35.0 Å². The molecule has 2 aromatic heterocycles. The number of imidazole rings is 1. The lowest BCUT2D eigenvalue weighted by Crippen LogP contribution is -2.16. The minimum atomic E-state index is -0.362. The van der Waals surface area contributed by atoms with Crippen LogP contribution in [-0.2, 0) is 0 Å². The second-order valence-corrected chi connectivity index (χ2v) is 4.89. The summed E-state index contributed by atoms with van der Waals surface area (Å²) in [6, 6.07) is 7.50. The Morgan fingerprint density at radius 1 is 1.14 bits per heavy atom. The number of halogens is 1. The van der Waals surface area contributed by atoms with Crippen LogP contribution in [0.3, 0.4) is 0 Å². The van der Waals surface area contributed by atoms with Crippen LogP contribution in [0, 0.1) is 19.7 Å². The van der Waals surface area contributed by atoms with E-state index in [0.717, 1.165) is 11.4 Å². The van der Waals surface area contributed by atoms with Gasteiger partial charge in [0.1, 0.15) is 11.6 Å². The molecule has 0 aliphatic carbocycles. The van der Waals surface area contributed by atoms with E-state index in [2.05, 4.69) is 20.3 Å². The molecular weight excluding hydrogens is 285 g/mol. The molecule has 0 aliphatic rings. The van der Waals surface area contributed by atoms with Crippen LogP contribution in [0.25, 0.3) is 5.69 Å². The molecule has 3 rings (SSSR count). The normalized spacial score (nSPS) is 10.7. The predicted octanol–water partition coefficient (Wildman–Crippen LogP) is 2.46. The largest absolute Gasteiger partial charge is 0.331 e. The maximum Gasteiger partial charge on any atom is 0.331 e. The number of H-pyrrole nitrogens is 1. The molecule has 0 atom stereocenters. The quantitative estimate of drug-likeness (QED) is 0.779. The summed E-state index contributed by atoms with van der Waals surface area (Å²) in [6.45, 7) is 3.73. The van der Waals surface area contributed by atoms with E-state index in [9.17, 15) is 9.18 Å². The molecule has 112 valence electrons. The van der Waals surface area contributed by atoms with Gasteiger partial charge in [0.05, 0.1) is 5.69 Å². The minimum Gasteiger partial charge on any atom is -0.310 e. The second-order valence-electron chi connectivity index (χ2n) is 4.89. The van der Waals surface area contributed by atoms with Gasteiger partial charge < -0.3 is 10.3 Å². The van der Waals surface area contributed by atoms with Crippen LogP contribution in [0.5, 0.6) is 0 Å². The number of rotatable bonds is 3. The molecule has 7 heteroatoms. The highest BCUT2D eigenvalue weighted by Gasteiger charge is 2.10. The third kappa shape index (κ3) is 2.73.